The van der Waals surface area contributed by atoms with Crippen LogP contribution in [0.15, 0.2) is 18.2 Å². The Kier molecular flexibility index (Phi) is 2.75. The molecule has 1 nitrogen and oxygen atoms in total. The standard InChI is InChI=1S/C11H13ClFN/c12-8-3-4-10(13)9(6-8)11(14)5-7-1-2-7/h3-4,6-7,11H,1-2,5,14H2/t11-/m1/s1. The number of hydrogen-bond donors (Lipinski definition) is 1. The second kappa shape index (κ2) is 3.87. The summed E-state index contributed by atoms with van der Waals surface area (Å²) in [6, 6.07) is 4.35. The first kappa shape index (κ1) is 9.94. The van der Waals surface area contributed by atoms with Crippen LogP contribution in [0.1, 0.15) is 30.9 Å². The fourth-order valence-corrected chi connectivity index (χ4v) is 1.82. The van der Waals surface area contributed by atoms with Crippen LogP contribution in [0.3, 0.4) is 0 Å². The molecule has 3 heteroatoms. The maximum absolute atomic E-state index is 13.4. The van der Waals surface area contributed by atoms with E-state index in [0.29, 0.717) is 16.5 Å². The van der Waals surface area contributed by atoms with E-state index >= 15 is 0 Å². The van der Waals surface area contributed by atoms with Crippen LogP contribution in [0.5, 0.6) is 0 Å². The summed E-state index contributed by atoms with van der Waals surface area (Å²) >= 11 is 5.79. The van der Waals surface area contributed by atoms with E-state index in [1.807, 2.05) is 0 Å². The summed E-state index contributed by atoms with van der Waals surface area (Å²) in [7, 11) is 0. The van der Waals surface area contributed by atoms with Gasteiger partial charge in [0.25, 0.3) is 0 Å². The molecule has 2 rings (SSSR count). The van der Waals surface area contributed by atoms with E-state index in [-0.39, 0.29) is 11.9 Å². The van der Waals surface area contributed by atoms with Crippen LogP contribution in [0.25, 0.3) is 0 Å². The minimum atomic E-state index is -0.248. The summed E-state index contributed by atoms with van der Waals surface area (Å²) in [6.07, 6.45) is 3.34. The molecule has 0 unspecified atom stereocenters. The van der Waals surface area contributed by atoms with Gasteiger partial charge in [-0.15, -0.1) is 0 Å². The average molecular weight is 214 g/mol. The zero-order valence-corrected chi connectivity index (χ0v) is 8.60. The molecule has 0 bridgehead atoms. The summed E-state index contributed by atoms with van der Waals surface area (Å²) in [5.74, 6) is 0.450. The molecular formula is C11H13ClFN. The second-order valence-electron chi connectivity index (χ2n) is 3.95. The number of halogens is 2. The molecule has 1 atom stereocenters. The topological polar surface area (TPSA) is 26.0 Å². The van der Waals surface area contributed by atoms with E-state index in [1.54, 1.807) is 12.1 Å². The molecule has 0 aromatic heterocycles. The third-order valence-corrected chi connectivity index (χ3v) is 2.88. The smallest absolute Gasteiger partial charge is 0.128 e. The summed E-state index contributed by atoms with van der Waals surface area (Å²) in [5.41, 5.74) is 6.45. The molecule has 1 aliphatic carbocycles. The molecule has 1 fully saturated rings. The van der Waals surface area contributed by atoms with Crippen LogP contribution in [-0.2, 0) is 0 Å². The fourth-order valence-electron chi connectivity index (χ4n) is 1.64. The molecule has 0 spiro atoms. The van der Waals surface area contributed by atoms with Crippen molar-refractivity contribution in [3.8, 4) is 0 Å². The highest BCUT2D eigenvalue weighted by molar-refractivity contribution is 6.30. The maximum Gasteiger partial charge on any atom is 0.128 e. The van der Waals surface area contributed by atoms with Gasteiger partial charge < -0.3 is 5.73 Å². The molecule has 0 amide bonds. The number of nitrogens with two attached hydrogens (primary N) is 1. The number of rotatable bonds is 3. The van der Waals surface area contributed by atoms with Gasteiger partial charge >= 0.3 is 0 Å². The summed E-state index contributed by atoms with van der Waals surface area (Å²) < 4.78 is 13.4. The van der Waals surface area contributed by atoms with Crippen molar-refractivity contribution < 1.29 is 4.39 Å². The Bertz CT molecular complexity index is 336. The van der Waals surface area contributed by atoms with Crippen LogP contribution in [0, 0.1) is 11.7 Å². The monoisotopic (exact) mass is 213 g/mol. The predicted octanol–water partition coefficient (Wildman–Crippen LogP) is 3.28. The van der Waals surface area contributed by atoms with E-state index < -0.39 is 0 Å². The molecule has 0 saturated heterocycles. The van der Waals surface area contributed by atoms with E-state index in [2.05, 4.69) is 0 Å². The van der Waals surface area contributed by atoms with Crippen molar-refractivity contribution in [1.82, 2.24) is 0 Å². The predicted molar refractivity (Wildman–Crippen MR) is 55.7 cm³/mol. The van der Waals surface area contributed by atoms with Crippen LogP contribution >= 0.6 is 11.6 Å². The molecule has 1 aliphatic rings. The van der Waals surface area contributed by atoms with Crippen molar-refractivity contribution in [3.63, 3.8) is 0 Å². The first-order valence-corrected chi connectivity index (χ1v) is 5.25. The SMILES string of the molecule is N[C@H](CC1CC1)c1cc(Cl)ccc1F. The average Bonchev–Trinajstić information content (AvgIpc) is 2.93. The maximum atomic E-state index is 13.4. The van der Waals surface area contributed by atoms with Gasteiger partial charge in [0.2, 0.25) is 0 Å². The van der Waals surface area contributed by atoms with Gasteiger partial charge in [0, 0.05) is 16.6 Å². The Hall–Kier alpha value is -0.600. The highest BCUT2D eigenvalue weighted by Crippen LogP contribution is 2.37. The van der Waals surface area contributed by atoms with Crippen LogP contribution in [0.4, 0.5) is 4.39 Å². The Morgan fingerprint density at radius 2 is 2.21 bits per heavy atom. The van der Waals surface area contributed by atoms with Gasteiger partial charge in [-0.1, -0.05) is 24.4 Å². The van der Waals surface area contributed by atoms with Crippen molar-refractivity contribution in [3.05, 3.63) is 34.6 Å². The lowest BCUT2D eigenvalue weighted by molar-refractivity contribution is 0.543. The minimum absolute atomic E-state index is 0.207. The lowest BCUT2D eigenvalue weighted by atomic mass is 10.0. The summed E-state index contributed by atoms with van der Waals surface area (Å²) in [5, 5.41) is 0.549. The fraction of sp³-hybridized carbons (Fsp3) is 0.455. The molecule has 2 N–H and O–H groups in total. The zero-order chi connectivity index (χ0) is 10.1. The summed E-state index contributed by atoms with van der Waals surface area (Å²) in [4.78, 5) is 0. The third-order valence-electron chi connectivity index (χ3n) is 2.64. The molecule has 1 saturated carbocycles. The molecular weight excluding hydrogens is 201 g/mol. The number of hydrogen-bond acceptors (Lipinski definition) is 1. The normalized spacial score (nSPS) is 18.2. The van der Waals surface area contributed by atoms with Gasteiger partial charge in [-0.05, 0) is 30.5 Å². The van der Waals surface area contributed by atoms with Crippen molar-refractivity contribution in [2.24, 2.45) is 11.7 Å². The van der Waals surface area contributed by atoms with Gasteiger partial charge in [-0.2, -0.15) is 0 Å². The lowest BCUT2D eigenvalue weighted by Gasteiger charge is -2.12. The zero-order valence-electron chi connectivity index (χ0n) is 7.84. The lowest BCUT2D eigenvalue weighted by Crippen LogP contribution is -2.12. The first-order chi connectivity index (χ1) is 6.66. The van der Waals surface area contributed by atoms with E-state index in [9.17, 15) is 4.39 Å². The number of benzene rings is 1. The molecule has 76 valence electrons. The van der Waals surface area contributed by atoms with Gasteiger partial charge in [-0.25, -0.2) is 4.39 Å². The van der Waals surface area contributed by atoms with Crippen molar-refractivity contribution in [1.29, 1.82) is 0 Å². The molecule has 1 aromatic rings. The van der Waals surface area contributed by atoms with Crippen molar-refractivity contribution in [2.75, 3.05) is 0 Å². The van der Waals surface area contributed by atoms with Gasteiger partial charge in [0.15, 0.2) is 0 Å². The first-order valence-electron chi connectivity index (χ1n) is 4.87. The van der Waals surface area contributed by atoms with Crippen LogP contribution in [-0.4, -0.2) is 0 Å². The molecule has 14 heavy (non-hydrogen) atoms. The van der Waals surface area contributed by atoms with Crippen LogP contribution in [0.2, 0.25) is 5.02 Å². The molecule has 1 aromatic carbocycles. The highest BCUT2D eigenvalue weighted by atomic mass is 35.5. The third kappa shape index (κ3) is 2.25. The Labute approximate surface area is 88.1 Å². The van der Waals surface area contributed by atoms with Gasteiger partial charge in [0.05, 0.1) is 0 Å². The van der Waals surface area contributed by atoms with Gasteiger partial charge in [-0.3, -0.25) is 0 Å². The summed E-state index contributed by atoms with van der Waals surface area (Å²) in [6.45, 7) is 0. The van der Waals surface area contributed by atoms with Crippen molar-refractivity contribution >= 4 is 11.6 Å². The Balaban J connectivity index is 2.15. The molecule has 0 aliphatic heterocycles. The van der Waals surface area contributed by atoms with E-state index in [4.69, 9.17) is 17.3 Å². The Morgan fingerprint density at radius 1 is 1.50 bits per heavy atom. The minimum Gasteiger partial charge on any atom is -0.324 e. The van der Waals surface area contributed by atoms with E-state index in [0.717, 1.165) is 6.42 Å². The van der Waals surface area contributed by atoms with Crippen molar-refractivity contribution in [2.45, 2.75) is 25.3 Å². The second-order valence-corrected chi connectivity index (χ2v) is 4.39. The molecule has 0 heterocycles. The van der Waals surface area contributed by atoms with E-state index in [1.165, 1.54) is 18.9 Å². The molecule has 0 radical (unpaired) electrons. The van der Waals surface area contributed by atoms with Gasteiger partial charge in [0.1, 0.15) is 5.82 Å². The Morgan fingerprint density at radius 3 is 2.86 bits per heavy atom. The highest BCUT2D eigenvalue weighted by Gasteiger charge is 2.25. The largest absolute Gasteiger partial charge is 0.324 e. The quantitative estimate of drug-likeness (QED) is 0.820. The van der Waals surface area contributed by atoms with Crippen LogP contribution < -0.4 is 5.73 Å².